The van der Waals surface area contributed by atoms with E-state index in [1.54, 1.807) is 20.2 Å². The van der Waals surface area contributed by atoms with Gasteiger partial charge >= 0.3 is 0 Å². The Bertz CT molecular complexity index is 379. The summed E-state index contributed by atoms with van der Waals surface area (Å²) in [5.41, 5.74) is 6.11. The Morgan fingerprint density at radius 3 is 2.85 bits per heavy atom. The van der Waals surface area contributed by atoms with Crippen LogP contribution in [0.2, 0.25) is 0 Å². The fourth-order valence-corrected chi connectivity index (χ4v) is 2.58. The van der Waals surface area contributed by atoms with Crippen molar-refractivity contribution in [3.05, 3.63) is 18.0 Å². The molecule has 1 aliphatic heterocycles. The van der Waals surface area contributed by atoms with Crippen LogP contribution in [0.1, 0.15) is 13.8 Å². The maximum atomic E-state index is 10.4. The molecule has 1 rings (SSSR count). The van der Waals surface area contributed by atoms with Crippen LogP contribution < -0.4 is 11.1 Å². The van der Waals surface area contributed by atoms with E-state index in [1.807, 2.05) is 19.9 Å². The van der Waals surface area contributed by atoms with Crippen LogP contribution in [0.3, 0.4) is 0 Å². The molecule has 6 nitrogen and oxygen atoms in total. The first-order valence-corrected chi connectivity index (χ1v) is 6.63. The first-order chi connectivity index (χ1) is 9.54. The summed E-state index contributed by atoms with van der Waals surface area (Å²) in [4.78, 5) is 10.4. The van der Waals surface area contributed by atoms with Crippen LogP contribution in [0.15, 0.2) is 18.0 Å². The quantitative estimate of drug-likeness (QED) is 0.651. The van der Waals surface area contributed by atoms with E-state index in [4.69, 9.17) is 19.9 Å². The van der Waals surface area contributed by atoms with Crippen LogP contribution in [0, 0.1) is 5.92 Å². The van der Waals surface area contributed by atoms with Crippen molar-refractivity contribution >= 4 is 5.94 Å². The predicted octanol–water partition coefficient (Wildman–Crippen LogP) is 0.217. The molecule has 0 saturated carbocycles. The fraction of sp³-hybridized carbons (Fsp3) is 0.714. The van der Waals surface area contributed by atoms with E-state index >= 15 is 0 Å². The van der Waals surface area contributed by atoms with Crippen LogP contribution in [-0.2, 0) is 19.0 Å². The lowest BCUT2D eigenvalue weighted by molar-refractivity contribution is -0.0881. The number of ether oxygens (including phenoxy) is 3. The Balaban J connectivity index is 2.95. The molecule has 20 heavy (non-hydrogen) atoms. The molecule has 0 aromatic heterocycles. The molecule has 0 amide bonds. The standard InChI is InChI=1S/C14H24N2O4/c1-9(8-18-3)13(19-4)14-12(16-5-6-17)11(15)7-10(2)20-14/h5,7,9,11-14,16H,8,15H2,1-4H3. The highest BCUT2D eigenvalue weighted by atomic mass is 16.5. The van der Waals surface area contributed by atoms with E-state index in [0.29, 0.717) is 6.61 Å². The molecule has 0 fully saturated rings. The maximum absolute atomic E-state index is 10.4. The lowest BCUT2D eigenvalue weighted by Gasteiger charge is -2.40. The van der Waals surface area contributed by atoms with Gasteiger partial charge in [0.2, 0.25) is 0 Å². The van der Waals surface area contributed by atoms with Crippen LogP contribution >= 0.6 is 0 Å². The number of nitrogens with one attached hydrogen (secondary N) is 1. The Morgan fingerprint density at radius 2 is 2.30 bits per heavy atom. The van der Waals surface area contributed by atoms with Gasteiger partial charge < -0.3 is 25.3 Å². The second-order valence-electron chi connectivity index (χ2n) is 5.02. The summed E-state index contributed by atoms with van der Waals surface area (Å²) >= 11 is 0. The molecular weight excluding hydrogens is 260 g/mol. The van der Waals surface area contributed by atoms with Crippen molar-refractivity contribution in [3.8, 4) is 0 Å². The number of methoxy groups -OCH3 is 2. The van der Waals surface area contributed by atoms with Gasteiger partial charge in [0.25, 0.3) is 0 Å². The zero-order valence-electron chi connectivity index (χ0n) is 12.5. The number of rotatable bonds is 7. The van der Waals surface area contributed by atoms with Crippen molar-refractivity contribution in [2.75, 3.05) is 20.8 Å². The van der Waals surface area contributed by atoms with Gasteiger partial charge in [0.05, 0.1) is 30.6 Å². The Hall–Kier alpha value is -1.33. The van der Waals surface area contributed by atoms with Crippen molar-refractivity contribution in [1.29, 1.82) is 0 Å². The van der Waals surface area contributed by atoms with Gasteiger partial charge in [-0.1, -0.05) is 6.92 Å². The molecule has 1 heterocycles. The van der Waals surface area contributed by atoms with Crippen LogP contribution in [0.25, 0.3) is 0 Å². The zero-order chi connectivity index (χ0) is 15.1. The highest BCUT2D eigenvalue weighted by Gasteiger charge is 2.39. The van der Waals surface area contributed by atoms with Crippen molar-refractivity contribution in [3.63, 3.8) is 0 Å². The minimum atomic E-state index is -0.310. The number of hydrogen-bond acceptors (Lipinski definition) is 6. The summed E-state index contributed by atoms with van der Waals surface area (Å²) in [5, 5.41) is 2.94. The lowest BCUT2D eigenvalue weighted by Crippen LogP contribution is -2.58. The average Bonchev–Trinajstić information content (AvgIpc) is 2.38. The van der Waals surface area contributed by atoms with Gasteiger partial charge in [-0.3, -0.25) is 0 Å². The van der Waals surface area contributed by atoms with Gasteiger partial charge in [-0.15, -0.1) is 0 Å². The molecule has 0 aliphatic carbocycles. The molecule has 6 heteroatoms. The van der Waals surface area contributed by atoms with E-state index in [0.717, 1.165) is 5.76 Å². The summed E-state index contributed by atoms with van der Waals surface area (Å²) in [6.45, 7) is 4.42. The van der Waals surface area contributed by atoms with Crippen molar-refractivity contribution in [2.45, 2.75) is 38.1 Å². The smallest absolute Gasteiger partial charge is 0.146 e. The fourth-order valence-electron chi connectivity index (χ4n) is 2.58. The highest BCUT2D eigenvalue weighted by Crippen LogP contribution is 2.25. The van der Waals surface area contributed by atoms with Crippen molar-refractivity contribution in [2.24, 2.45) is 11.7 Å². The molecule has 0 aromatic rings. The van der Waals surface area contributed by atoms with E-state index in [2.05, 4.69) is 5.32 Å². The normalized spacial score (nSPS) is 28.6. The van der Waals surface area contributed by atoms with Gasteiger partial charge in [-0.25, -0.2) is 4.79 Å². The number of carbonyl (C=O) groups excluding carboxylic acids is 1. The summed E-state index contributed by atoms with van der Waals surface area (Å²) in [5.74, 6) is 2.57. The summed E-state index contributed by atoms with van der Waals surface area (Å²) in [7, 11) is 3.28. The SMILES string of the molecule is COCC(C)C(OC)C1OC(C)=CC(N)C1NC=C=O. The third-order valence-corrected chi connectivity index (χ3v) is 3.44. The first kappa shape index (κ1) is 16.7. The second-order valence-corrected chi connectivity index (χ2v) is 5.02. The molecule has 1 aliphatic rings. The minimum Gasteiger partial charge on any atom is -0.490 e. The molecular formula is C14H24N2O4. The van der Waals surface area contributed by atoms with Crippen LogP contribution in [0.5, 0.6) is 0 Å². The molecule has 0 radical (unpaired) electrons. The van der Waals surface area contributed by atoms with Gasteiger partial charge in [0.15, 0.2) is 0 Å². The number of nitrogens with two attached hydrogens (primary N) is 1. The van der Waals surface area contributed by atoms with Gasteiger partial charge in [-0.05, 0) is 13.0 Å². The summed E-state index contributed by atoms with van der Waals surface area (Å²) < 4.78 is 16.6. The third kappa shape index (κ3) is 4.08. The summed E-state index contributed by atoms with van der Waals surface area (Å²) in [6, 6.07) is -0.532. The maximum Gasteiger partial charge on any atom is 0.146 e. The van der Waals surface area contributed by atoms with Gasteiger partial charge in [0, 0.05) is 20.1 Å². The largest absolute Gasteiger partial charge is 0.490 e. The molecule has 0 aromatic carbocycles. The molecule has 3 N–H and O–H groups in total. The molecule has 0 saturated heterocycles. The molecule has 0 bridgehead atoms. The van der Waals surface area contributed by atoms with E-state index in [9.17, 15) is 4.79 Å². The molecule has 5 atom stereocenters. The second kappa shape index (κ2) is 8.07. The average molecular weight is 284 g/mol. The van der Waals surface area contributed by atoms with Gasteiger partial charge in [-0.2, -0.15) is 0 Å². The Morgan fingerprint density at radius 1 is 1.60 bits per heavy atom. The number of allylic oxidation sites excluding steroid dienone is 1. The van der Waals surface area contributed by atoms with E-state index in [-0.39, 0.29) is 30.2 Å². The van der Waals surface area contributed by atoms with Crippen LogP contribution in [0.4, 0.5) is 0 Å². The molecule has 114 valence electrons. The molecule has 5 unspecified atom stereocenters. The van der Waals surface area contributed by atoms with Crippen molar-refractivity contribution in [1.82, 2.24) is 5.32 Å². The molecule has 0 spiro atoms. The summed E-state index contributed by atoms with van der Waals surface area (Å²) in [6.07, 6.45) is 2.51. The number of hydrogen-bond donors (Lipinski definition) is 2. The van der Waals surface area contributed by atoms with E-state index < -0.39 is 0 Å². The van der Waals surface area contributed by atoms with Gasteiger partial charge in [0.1, 0.15) is 18.1 Å². The van der Waals surface area contributed by atoms with Crippen molar-refractivity contribution < 1.29 is 19.0 Å². The Kier molecular flexibility index (Phi) is 6.75. The Labute approximate surface area is 119 Å². The third-order valence-electron chi connectivity index (χ3n) is 3.44. The topological polar surface area (TPSA) is 82.8 Å². The highest BCUT2D eigenvalue weighted by molar-refractivity contribution is 5.44. The lowest BCUT2D eigenvalue weighted by atomic mass is 9.89. The zero-order valence-corrected chi connectivity index (χ0v) is 12.5. The van der Waals surface area contributed by atoms with Crippen LogP contribution in [-0.4, -0.2) is 51.1 Å². The monoisotopic (exact) mass is 284 g/mol. The van der Waals surface area contributed by atoms with E-state index in [1.165, 1.54) is 6.20 Å². The first-order valence-electron chi connectivity index (χ1n) is 6.63. The minimum absolute atomic E-state index is 0.123. The predicted molar refractivity (Wildman–Crippen MR) is 75.6 cm³/mol.